The van der Waals surface area contributed by atoms with Crippen LogP contribution in [0.5, 0.6) is 0 Å². The number of carbonyl (C=O) groups excluding carboxylic acids is 1. The number of nitrogens with one attached hydrogen (secondary N) is 1. The van der Waals surface area contributed by atoms with Gasteiger partial charge in [0, 0.05) is 35.0 Å². The Labute approximate surface area is 168 Å². The lowest BCUT2D eigenvalue weighted by atomic mass is 10.1. The van der Waals surface area contributed by atoms with Gasteiger partial charge >= 0.3 is 0 Å². The predicted octanol–water partition coefficient (Wildman–Crippen LogP) is 2.62. The number of nitrogens with zero attached hydrogens (tertiary/aromatic N) is 6. The normalized spacial score (nSPS) is 10.6. The van der Waals surface area contributed by atoms with Gasteiger partial charge in [-0.15, -0.1) is 11.3 Å². The van der Waals surface area contributed by atoms with Crippen LogP contribution < -0.4 is 5.32 Å². The van der Waals surface area contributed by atoms with Crippen LogP contribution in [0.4, 0.5) is 5.69 Å². The van der Waals surface area contributed by atoms with Crippen LogP contribution in [0.3, 0.4) is 0 Å². The molecule has 0 unspecified atom stereocenters. The van der Waals surface area contributed by atoms with Gasteiger partial charge in [-0.05, 0) is 24.3 Å². The number of aromatic nitrogens is 5. The van der Waals surface area contributed by atoms with Crippen LogP contribution in [-0.4, -0.2) is 35.6 Å². The van der Waals surface area contributed by atoms with E-state index < -0.39 is 10.8 Å². The van der Waals surface area contributed by atoms with E-state index in [1.165, 1.54) is 46.9 Å². The van der Waals surface area contributed by atoms with Gasteiger partial charge in [-0.2, -0.15) is 5.10 Å². The summed E-state index contributed by atoms with van der Waals surface area (Å²) in [6.45, 7) is 0.215. The second-order valence-corrected chi connectivity index (χ2v) is 6.79. The average molecular weight is 407 g/mol. The molecule has 29 heavy (non-hydrogen) atoms. The van der Waals surface area contributed by atoms with Crippen molar-refractivity contribution in [1.29, 1.82) is 0 Å². The minimum Gasteiger partial charge on any atom is -0.346 e. The average Bonchev–Trinajstić information content (AvgIpc) is 3.44. The van der Waals surface area contributed by atoms with E-state index in [4.69, 9.17) is 0 Å². The molecule has 1 N–H and O–H groups in total. The molecule has 0 fully saturated rings. The van der Waals surface area contributed by atoms with Crippen molar-refractivity contribution >= 4 is 22.9 Å². The molecule has 0 aliphatic rings. The van der Waals surface area contributed by atoms with E-state index in [-0.39, 0.29) is 23.5 Å². The lowest BCUT2D eigenvalue weighted by molar-refractivity contribution is -0.384. The Balaban J connectivity index is 1.48. The lowest BCUT2D eigenvalue weighted by Crippen LogP contribution is -2.23. The molecule has 0 saturated heterocycles. The Kier molecular flexibility index (Phi) is 5.03. The van der Waals surface area contributed by atoms with E-state index in [0.29, 0.717) is 0 Å². The first-order valence-corrected chi connectivity index (χ1v) is 9.26. The quantitative estimate of drug-likeness (QED) is 0.384. The topological polar surface area (TPSA) is 129 Å². The predicted molar refractivity (Wildman–Crippen MR) is 105 cm³/mol. The zero-order chi connectivity index (χ0) is 20.2. The molecule has 4 aromatic rings. The Morgan fingerprint density at radius 3 is 2.76 bits per heavy atom. The maximum Gasteiger partial charge on any atom is 0.295 e. The van der Waals surface area contributed by atoms with E-state index >= 15 is 0 Å². The fourth-order valence-corrected chi connectivity index (χ4v) is 3.39. The molecule has 0 radical (unpaired) electrons. The van der Waals surface area contributed by atoms with Gasteiger partial charge in [0.05, 0.1) is 17.2 Å². The summed E-state index contributed by atoms with van der Waals surface area (Å²) in [5.74, 6) is -0.432. The molecule has 3 heterocycles. The standard InChI is InChI=1S/C18H13N7O3S/c26-18(21-8-17-23-14(9-29-17)12-3-5-19-6-4-12)13-1-2-15(16(7-13)25(27)28)24-11-20-10-22-24/h1-7,9-11H,8H2,(H,21,26). The number of hydrogen-bond acceptors (Lipinski definition) is 8. The number of hydrogen-bond donors (Lipinski definition) is 1. The molecule has 0 atom stereocenters. The number of nitro groups is 1. The first-order chi connectivity index (χ1) is 14.1. The molecule has 0 aliphatic heterocycles. The summed E-state index contributed by atoms with van der Waals surface area (Å²) in [5.41, 5.74) is 1.90. The highest BCUT2D eigenvalue weighted by molar-refractivity contribution is 7.09. The first kappa shape index (κ1) is 18.4. The molecule has 4 rings (SSSR count). The number of pyridine rings is 1. The molecule has 0 saturated carbocycles. The zero-order valence-electron chi connectivity index (χ0n) is 14.8. The maximum absolute atomic E-state index is 12.5. The van der Waals surface area contributed by atoms with E-state index in [2.05, 4.69) is 25.4 Å². The summed E-state index contributed by atoms with van der Waals surface area (Å²) in [6, 6.07) is 7.90. The summed E-state index contributed by atoms with van der Waals surface area (Å²) in [5, 5.41) is 20.7. The van der Waals surface area contributed by atoms with Crippen LogP contribution in [0.2, 0.25) is 0 Å². The molecular formula is C18H13N7O3S. The molecule has 0 bridgehead atoms. The molecule has 3 aromatic heterocycles. The summed E-state index contributed by atoms with van der Waals surface area (Å²) >= 11 is 1.42. The minimum atomic E-state index is -0.560. The summed E-state index contributed by atoms with van der Waals surface area (Å²) in [4.78, 5) is 35.6. The number of benzene rings is 1. The Hall–Kier alpha value is -3.99. The van der Waals surface area contributed by atoms with Crippen LogP contribution in [0, 0.1) is 10.1 Å². The maximum atomic E-state index is 12.5. The van der Waals surface area contributed by atoms with Crippen molar-refractivity contribution in [3.05, 3.63) is 81.4 Å². The summed E-state index contributed by atoms with van der Waals surface area (Å²) < 4.78 is 1.27. The van der Waals surface area contributed by atoms with Gasteiger partial charge in [0.25, 0.3) is 11.6 Å². The SMILES string of the molecule is O=C(NCc1nc(-c2ccncc2)cs1)c1ccc(-n2cncn2)c([N+](=O)[O-])c1. The molecule has 10 nitrogen and oxygen atoms in total. The van der Waals surface area contributed by atoms with Gasteiger partial charge in [0.2, 0.25) is 0 Å². The van der Waals surface area contributed by atoms with Crippen molar-refractivity contribution in [2.75, 3.05) is 0 Å². The Morgan fingerprint density at radius 1 is 1.21 bits per heavy atom. The van der Waals surface area contributed by atoms with E-state index in [1.54, 1.807) is 12.4 Å². The van der Waals surface area contributed by atoms with E-state index in [1.807, 2.05) is 17.5 Å². The van der Waals surface area contributed by atoms with Crippen LogP contribution in [0.15, 0.2) is 60.8 Å². The van der Waals surface area contributed by atoms with Gasteiger partial charge in [0.1, 0.15) is 23.3 Å². The van der Waals surface area contributed by atoms with Gasteiger partial charge in [-0.25, -0.2) is 14.6 Å². The number of amides is 1. The number of thiazole rings is 1. The van der Waals surface area contributed by atoms with Crippen LogP contribution >= 0.6 is 11.3 Å². The van der Waals surface area contributed by atoms with Crippen molar-refractivity contribution in [2.24, 2.45) is 0 Å². The zero-order valence-corrected chi connectivity index (χ0v) is 15.6. The molecule has 144 valence electrons. The number of nitro benzene ring substituents is 1. The molecule has 11 heteroatoms. The Bertz CT molecular complexity index is 1160. The van der Waals surface area contributed by atoms with Crippen molar-refractivity contribution < 1.29 is 9.72 Å². The minimum absolute atomic E-state index is 0.173. The van der Waals surface area contributed by atoms with Crippen molar-refractivity contribution in [2.45, 2.75) is 6.54 Å². The van der Waals surface area contributed by atoms with Crippen LogP contribution in [-0.2, 0) is 6.54 Å². The highest BCUT2D eigenvalue weighted by Crippen LogP contribution is 2.24. The third-order valence-corrected chi connectivity index (χ3v) is 4.88. The fraction of sp³-hybridized carbons (Fsp3) is 0.0556. The molecule has 0 spiro atoms. The highest BCUT2D eigenvalue weighted by atomic mass is 32.1. The third-order valence-electron chi connectivity index (χ3n) is 4.03. The second-order valence-electron chi connectivity index (χ2n) is 5.85. The molecular weight excluding hydrogens is 394 g/mol. The number of rotatable bonds is 6. The number of carbonyl (C=O) groups is 1. The van der Waals surface area contributed by atoms with Gasteiger partial charge in [-0.3, -0.25) is 19.9 Å². The van der Waals surface area contributed by atoms with Crippen molar-refractivity contribution in [1.82, 2.24) is 30.0 Å². The van der Waals surface area contributed by atoms with Gasteiger partial charge in [0.15, 0.2) is 0 Å². The molecule has 0 aliphatic carbocycles. The van der Waals surface area contributed by atoms with Gasteiger partial charge < -0.3 is 5.32 Å². The Morgan fingerprint density at radius 2 is 2.03 bits per heavy atom. The third kappa shape index (κ3) is 3.99. The van der Waals surface area contributed by atoms with Crippen molar-refractivity contribution in [3.63, 3.8) is 0 Å². The lowest BCUT2D eigenvalue weighted by Gasteiger charge is -2.06. The first-order valence-electron chi connectivity index (χ1n) is 8.38. The van der Waals surface area contributed by atoms with Crippen molar-refractivity contribution in [3.8, 4) is 16.9 Å². The highest BCUT2D eigenvalue weighted by Gasteiger charge is 2.19. The molecule has 1 amide bonds. The van der Waals surface area contributed by atoms with Crippen LogP contribution in [0.25, 0.3) is 16.9 Å². The largest absolute Gasteiger partial charge is 0.346 e. The summed E-state index contributed by atoms with van der Waals surface area (Å²) in [6.07, 6.45) is 6.00. The smallest absolute Gasteiger partial charge is 0.295 e. The summed E-state index contributed by atoms with van der Waals surface area (Å²) in [7, 11) is 0. The monoisotopic (exact) mass is 407 g/mol. The van der Waals surface area contributed by atoms with E-state index in [0.717, 1.165) is 16.3 Å². The molecule has 1 aromatic carbocycles. The fourth-order valence-electron chi connectivity index (χ4n) is 2.64. The van der Waals surface area contributed by atoms with Crippen LogP contribution in [0.1, 0.15) is 15.4 Å². The van der Waals surface area contributed by atoms with E-state index in [9.17, 15) is 14.9 Å². The second kappa shape index (κ2) is 7.94. The van der Waals surface area contributed by atoms with Gasteiger partial charge in [-0.1, -0.05) is 0 Å².